The summed E-state index contributed by atoms with van der Waals surface area (Å²) in [5, 5.41) is 0. The molecule has 120 valence electrons. The van der Waals surface area contributed by atoms with Gasteiger partial charge in [-0.15, -0.1) is 0 Å². The monoisotopic (exact) mass is 298 g/mol. The van der Waals surface area contributed by atoms with Crippen molar-refractivity contribution in [2.75, 3.05) is 0 Å². The minimum atomic E-state index is 0.00403. The molecule has 2 heteroatoms. The van der Waals surface area contributed by atoms with Gasteiger partial charge >= 0.3 is 0 Å². The molecule has 1 heterocycles. The van der Waals surface area contributed by atoms with Crippen LogP contribution < -0.4 is 0 Å². The first-order valence-electron chi connectivity index (χ1n) is 8.33. The molecule has 0 saturated carbocycles. The Hall–Kier alpha value is -1.57. The molecular formula is C20H30N2. The van der Waals surface area contributed by atoms with Gasteiger partial charge in [-0.3, -0.25) is 4.99 Å². The van der Waals surface area contributed by atoms with Crippen molar-refractivity contribution in [3.8, 4) is 0 Å². The standard InChI is InChI=1S/C20H30N2/c1-8-14(2)22-17(5)21-16(4)15(3)19-12-10-9-11-18(19)13-20(22,6)7/h8-12,15-16H,13H2,1-7H3/b14-8-,21-17-. The Morgan fingerprint density at radius 1 is 1.27 bits per heavy atom. The molecule has 0 aromatic heterocycles. The highest BCUT2D eigenvalue weighted by Crippen LogP contribution is 2.33. The van der Waals surface area contributed by atoms with E-state index in [4.69, 9.17) is 4.99 Å². The second kappa shape index (κ2) is 6.28. The lowest BCUT2D eigenvalue weighted by molar-refractivity contribution is 0.259. The van der Waals surface area contributed by atoms with Crippen molar-refractivity contribution >= 4 is 5.84 Å². The Bertz CT molecular complexity index is 595. The maximum atomic E-state index is 5.02. The molecule has 0 bridgehead atoms. The molecule has 0 amide bonds. The van der Waals surface area contributed by atoms with Gasteiger partial charge in [0.1, 0.15) is 5.84 Å². The van der Waals surface area contributed by atoms with Crippen LogP contribution in [-0.2, 0) is 6.42 Å². The molecule has 0 saturated heterocycles. The van der Waals surface area contributed by atoms with E-state index < -0.39 is 0 Å². The highest BCUT2D eigenvalue weighted by atomic mass is 15.2. The fourth-order valence-corrected chi connectivity index (χ4v) is 3.71. The number of fused-ring (bicyclic) bond motifs is 1. The van der Waals surface area contributed by atoms with Crippen molar-refractivity contribution < 1.29 is 0 Å². The van der Waals surface area contributed by atoms with Crippen LogP contribution >= 0.6 is 0 Å². The van der Waals surface area contributed by atoms with Crippen molar-refractivity contribution in [2.24, 2.45) is 4.99 Å². The molecule has 1 aliphatic heterocycles. The molecule has 0 aliphatic carbocycles. The zero-order valence-electron chi connectivity index (χ0n) is 15.1. The van der Waals surface area contributed by atoms with Crippen molar-refractivity contribution in [1.29, 1.82) is 0 Å². The number of hydrogen-bond donors (Lipinski definition) is 0. The van der Waals surface area contributed by atoms with Crippen molar-refractivity contribution in [3.05, 3.63) is 47.2 Å². The fourth-order valence-electron chi connectivity index (χ4n) is 3.71. The fraction of sp³-hybridized carbons (Fsp3) is 0.550. The molecule has 22 heavy (non-hydrogen) atoms. The van der Waals surface area contributed by atoms with Gasteiger partial charge in [-0.25, -0.2) is 0 Å². The quantitative estimate of drug-likeness (QED) is 0.699. The number of amidine groups is 1. The number of benzene rings is 1. The van der Waals surface area contributed by atoms with Gasteiger partial charge in [0.2, 0.25) is 0 Å². The van der Waals surface area contributed by atoms with Crippen LogP contribution in [0.4, 0.5) is 0 Å². The molecule has 0 radical (unpaired) electrons. The van der Waals surface area contributed by atoms with Gasteiger partial charge in [0.15, 0.2) is 0 Å². The second-order valence-electron chi connectivity index (χ2n) is 7.16. The number of rotatable bonds is 1. The topological polar surface area (TPSA) is 15.6 Å². The lowest BCUT2D eigenvalue weighted by atomic mass is 9.85. The Balaban J connectivity index is 2.62. The van der Waals surface area contributed by atoms with Crippen LogP contribution in [0, 0.1) is 0 Å². The molecule has 0 N–H and O–H groups in total. The smallest absolute Gasteiger partial charge is 0.101 e. The molecule has 2 rings (SSSR count). The average Bonchev–Trinajstić information content (AvgIpc) is 2.47. The summed E-state index contributed by atoms with van der Waals surface area (Å²) in [5.74, 6) is 1.56. The minimum Gasteiger partial charge on any atom is -0.329 e. The van der Waals surface area contributed by atoms with Crippen LogP contribution in [0.2, 0.25) is 0 Å². The van der Waals surface area contributed by atoms with E-state index in [9.17, 15) is 0 Å². The van der Waals surface area contributed by atoms with E-state index in [1.807, 2.05) is 0 Å². The van der Waals surface area contributed by atoms with E-state index in [2.05, 4.69) is 83.7 Å². The molecule has 1 aliphatic rings. The van der Waals surface area contributed by atoms with Crippen LogP contribution in [0.5, 0.6) is 0 Å². The molecule has 2 atom stereocenters. The van der Waals surface area contributed by atoms with E-state index in [1.165, 1.54) is 16.8 Å². The third-order valence-electron chi connectivity index (χ3n) is 4.98. The van der Waals surface area contributed by atoms with Crippen LogP contribution in [0.3, 0.4) is 0 Å². The van der Waals surface area contributed by atoms with Gasteiger partial charge in [-0.05, 0) is 59.1 Å². The summed E-state index contributed by atoms with van der Waals surface area (Å²) in [6.45, 7) is 15.6. The highest BCUT2D eigenvalue weighted by Gasteiger charge is 2.32. The normalized spacial score (nSPS) is 28.0. The first-order valence-corrected chi connectivity index (χ1v) is 8.33. The van der Waals surface area contributed by atoms with E-state index in [-0.39, 0.29) is 11.6 Å². The average molecular weight is 298 g/mol. The summed E-state index contributed by atoms with van der Waals surface area (Å²) in [6.07, 6.45) is 3.21. The predicted molar refractivity (Wildman–Crippen MR) is 96.5 cm³/mol. The van der Waals surface area contributed by atoms with Crippen molar-refractivity contribution in [2.45, 2.75) is 72.4 Å². The van der Waals surface area contributed by atoms with Crippen molar-refractivity contribution in [3.63, 3.8) is 0 Å². The maximum Gasteiger partial charge on any atom is 0.101 e. The number of allylic oxidation sites excluding steroid dienone is 2. The predicted octanol–water partition coefficient (Wildman–Crippen LogP) is 5.16. The number of aliphatic imine (C=N–C) groups is 1. The maximum absolute atomic E-state index is 5.02. The van der Waals surface area contributed by atoms with Crippen molar-refractivity contribution in [1.82, 2.24) is 4.90 Å². The largest absolute Gasteiger partial charge is 0.329 e. The Labute approximate surface area is 136 Å². The van der Waals surface area contributed by atoms with Crippen LogP contribution in [0.15, 0.2) is 41.0 Å². The van der Waals surface area contributed by atoms with Gasteiger partial charge in [-0.2, -0.15) is 0 Å². The molecule has 0 fully saturated rings. The first-order chi connectivity index (χ1) is 10.3. The SMILES string of the molecule is C/C=C(/C)N1/C(C)=N\C(C)C(C)c2ccccc2CC1(C)C. The van der Waals surface area contributed by atoms with Crippen LogP contribution in [0.25, 0.3) is 0 Å². The Morgan fingerprint density at radius 3 is 2.55 bits per heavy atom. The molecule has 1 aromatic carbocycles. The van der Waals surface area contributed by atoms with E-state index in [0.29, 0.717) is 5.92 Å². The van der Waals surface area contributed by atoms with Crippen LogP contribution in [-0.4, -0.2) is 22.3 Å². The van der Waals surface area contributed by atoms with Gasteiger partial charge < -0.3 is 4.90 Å². The van der Waals surface area contributed by atoms with Gasteiger partial charge in [0.05, 0.1) is 6.04 Å². The second-order valence-corrected chi connectivity index (χ2v) is 7.16. The highest BCUT2D eigenvalue weighted by molar-refractivity contribution is 5.82. The van der Waals surface area contributed by atoms with E-state index in [0.717, 1.165) is 12.3 Å². The third kappa shape index (κ3) is 3.11. The summed E-state index contributed by atoms with van der Waals surface area (Å²) in [6, 6.07) is 9.14. The lowest BCUT2D eigenvalue weighted by Crippen LogP contribution is -2.47. The summed E-state index contributed by atoms with van der Waals surface area (Å²) >= 11 is 0. The number of nitrogens with zero attached hydrogens (tertiary/aromatic N) is 2. The van der Waals surface area contributed by atoms with E-state index >= 15 is 0 Å². The van der Waals surface area contributed by atoms with Gasteiger partial charge in [0, 0.05) is 17.2 Å². The molecule has 2 nitrogen and oxygen atoms in total. The molecule has 1 aromatic rings. The minimum absolute atomic E-state index is 0.00403. The summed E-state index contributed by atoms with van der Waals surface area (Å²) in [5.41, 5.74) is 4.17. The lowest BCUT2D eigenvalue weighted by Gasteiger charge is -2.41. The summed E-state index contributed by atoms with van der Waals surface area (Å²) in [7, 11) is 0. The van der Waals surface area contributed by atoms with Crippen LogP contribution in [0.1, 0.15) is 65.5 Å². The zero-order chi connectivity index (χ0) is 16.5. The Kier molecular flexibility index (Phi) is 4.79. The summed E-state index contributed by atoms with van der Waals surface area (Å²) < 4.78 is 0. The summed E-state index contributed by atoms with van der Waals surface area (Å²) in [4.78, 5) is 7.43. The molecule has 0 spiro atoms. The zero-order valence-corrected chi connectivity index (χ0v) is 15.1. The first kappa shape index (κ1) is 16.8. The molecular weight excluding hydrogens is 268 g/mol. The third-order valence-corrected chi connectivity index (χ3v) is 4.98. The Morgan fingerprint density at radius 2 is 1.91 bits per heavy atom. The number of hydrogen-bond acceptors (Lipinski definition) is 2. The van der Waals surface area contributed by atoms with Gasteiger partial charge in [0.25, 0.3) is 0 Å². The van der Waals surface area contributed by atoms with Gasteiger partial charge in [-0.1, -0.05) is 37.3 Å². The van der Waals surface area contributed by atoms with E-state index in [1.54, 1.807) is 0 Å². The molecule has 2 unspecified atom stereocenters.